The molecule has 0 unspecified atom stereocenters. The molecule has 0 radical (unpaired) electrons. The molecule has 0 aromatic rings. The Morgan fingerprint density at radius 1 is 0.938 bits per heavy atom. The molecule has 0 aromatic carbocycles. The highest BCUT2D eigenvalue weighted by atomic mass is 16.1. The van der Waals surface area contributed by atoms with Crippen LogP contribution in [0.15, 0.2) is 0 Å². The highest BCUT2D eigenvalue weighted by molar-refractivity contribution is 5.91. The third-order valence-electron chi connectivity index (χ3n) is 4.56. The number of quaternary nitrogens is 2. The van der Waals surface area contributed by atoms with Gasteiger partial charge in [0, 0.05) is 0 Å². The van der Waals surface area contributed by atoms with Gasteiger partial charge < -0.3 is 10.6 Å². The first-order chi connectivity index (χ1) is 7.69. The second-order valence-corrected chi connectivity index (χ2v) is 5.78. The third kappa shape index (κ3) is 1.70. The van der Waals surface area contributed by atoms with Gasteiger partial charge in [0.2, 0.25) is 0 Å². The maximum absolute atomic E-state index is 12.8. The average Bonchev–Trinajstić information content (AvgIpc) is 2.23. The summed E-state index contributed by atoms with van der Waals surface area (Å²) in [6.45, 7) is 8.52. The molecule has 2 fully saturated rings. The van der Waals surface area contributed by atoms with Crippen molar-refractivity contribution in [2.45, 2.75) is 39.5 Å². The number of carbonyl (C=O) groups excluding carboxylic acids is 1. The van der Waals surface area contributed by atoms with E-state index >= 15 is 0 Å². The molecule has 0 aromatic heterocycles. The monoisotopic (exact) mass is 226 g/mol. The Bertz CT molecular complexity index is 230. The molecule has 16 heavy (non-hydrogen) atoms. The van der Waals surface area contributed by atoms with Gasteiger partial charge in [-0.05, 0) is 12.8 Å². The Morgan fingerprint density at radius 3 is 1.62 bits per heavy atom. The zero-order chi connectivity index (χ0) is 11.6. The van der Waals surface area contributed by atoms with E-state index in [0.29, 0.717) is 5.78 Å². The standard InChI is InChI=1S/C13H24N2O/c1-3-5-12-7-14-9-13(6-4-2,11(12)16)10-15-8-12/h14-15H,3-10H2,1-2H3/p+2. The molecule has 2 rings (SSSR count). The minimum Gasteiger partial charge on any atom is -0.344 e. The van der Waals surface area contributed by atoms with Crippen molar-refractivity contribution in [2.24, 2.45) is 10.8 Å². The van der Waals surface area contributed by atoms with Crippen molar-refractivity contribution in [3.63, 3.8) is 0 Å². The van der Waals surface area contributed by atoms with Gasteiger partial charge in [-0.2, -0.15) is 0 Å². The van der Waals surface area contributed by atoms with E-state index < -0.39 is 0 Å². The molecule has 4 N–H and O–H groups in total. The van der Waals surface area contributed by atoms with E-state index in [1.807, 2.05) is 0 Å². The van der Waals surface area contributed by atoms with E-state index in [-0.39, 0.29) is 10.8 Å². The van der Waals surface area contributed by atoms with Gasteiger partial charge in [0.05, 0.1) is 26.2 Å². The molecule has 3 nitrogen and oxygen atoms in total. The molecule has 3 heteroatoms. The number of piperidine rings is 2. The van der Waals surface area contributed by atoms with Gasteiger partial charge in [-0.3, -0.25) is 4.79 Å². The molecule has 0 amide bonds. The fraction of sp³-hybridized carbons (Fsp3) is 0.923. The second kappa shape index (κ2) is 4.46. The van der Waals surface area contributed by atoms with Gasteiger partial charge in [0.25, 0.3) is 0 Å². The minimum absolute atomic E-state index is 0.000417. The van der Waals surface area contributed by atoms with Crippen molar-refractivity contribution in [2.75, 3.05) is 26.2 Å². The molecular weight excluding hydrogens is 200 g/mol. The lowest BCUT2D eigenvalue weighted by Crippen LogP contribution is -3.05. The minimum atomic E-state index is 0.000417. The van der Waals surface area contributed by atoms with Crippen molar-refractivity contribution in [1.82, 2.24) is 0 Å². The summed E-state index contributed by atoms with van der Waals surface area (Å²) in [5, 5.41) is 4.80. The van der Waals surface area contributed by atoms with Crippen molar-refractivity contribution in [1.29, 1.82) is 0 Å². The Balaban J connectivity index is 2.25. The fourth-order valence-corrected chi connectivity index (χ4v) is 3.94. The summed E-state index contributed by atoms with van der Waals surface area (Å²) in [6.07, 6.45) is 4.44. The Labute approximate surface area is 98.4 Å². The van der Waals surface area contributed by atoms with Crippen LogP contribution in [0.1, 0.15) is 39.5 Å². The summed E-state index contributed by atoms with van der Waals surface area (Å²) < 4.78 is 0. The maximum Gasteiger partial charge on any atom is 0.167 e. The molecule has 0 spiro atoms. The summed E-state index contributed by atoms with van der Waals surface area (Å²) in [5.41, 5.74) is 0.000833. The molecule has 2 saturated heterocycles. The number of ketones is 1. The van der Waals surface area contributed by atoms with Crippen LogP contribution in [0.25, 0.3) is 0 Å². The lowest BCUT2D eigenvalue weighted by atomic mass is 9.61. The molecule has 2 heterocycles. The maximum atomic E-state index is 12.8. The van der Waals surface area contributed by atoms with Crippen molar-refractivity contribution in [3.8, 4) is 0 Å². The summed E-state index contributed by atoms with van der Waals surface area (Å²) in [5.74, 6) is 0.605. The fourth-order valence-electron chi connectivity index (χ4n) is 3.94. The normalized spacial score (nSPS) is 38.8. The molecule has 92 valence electrons. The Morgan fingerprint density at radius 2 is 1.31 bits per heavy atom. The predicted octanol–water partition coefficient (Wildman–Crippen LogP) is -0.717. The third-order valence-corrected chi connectivity index (χ3v) is 4.56. The van der Waals surface area contributed by atoms with Crippen molar-refractivity contribution >= 4 is 5.78 Å². The van der Waals surface area contributed by atoms with E-state index in [0.717, 1.165) is 51.9 Å². The van der Waals surface area contributed by atoms with Gasteiger partial charge in [-0.1, -0.05) is 26.7 Å². The first-order valence-electron chi connectivity index (χ1n) is 6.87. The first kappa shape index (κ1) is 12.1. The number of carbonyl (C=O) groups is 1. The molecule has 2 bridgehead atoms. The van der Waals surface area contributed by atoms with E-state index in [2.05, 4.69) is 24.5 Å². The van der Waals surface area contributed by atoms with Crippen LogP contribution < -0.4 is 10.6 Å². The summed E-state index contributed by atoms with van der Waals surface area (Å²) in [7, 11) is 0. The molecule has 0 saturated carbocycles. The van der Waals surface area contributed by atoms with Crippen LogP contribution >= 0.6 is 0 Å². The van der Waals surface area contributed by atoms with E-state index in [9.17, 15) is 4.79 Å². The van der Waals surface area contributed by atoms with Gasteiger partial charge in [-0.15, -0.1) is 0 Å². The average molecular weight is 226 g/mol. The SMILES string of the molecule is CCCC12C[NH2+]CC(CCC)(C[NH2+]C1)C2=O. The summed E-state index contributed by atoms with van der Waals surface area (Å²) in [6, 6.07) is 0. The lowest BCUT2D eigenvalue weighted by molar-refractivity contribution is -0.745. The van der Waals surface area contributed by atoms with Gasteiger partial charge in [0.1, 0.15) is 10.8 Å². The lowest BCUT2D eigenvalue weighted by Gasteiger charge is -2.46. The number of hydrogen-bond acceptors (Lipinski definition) is 1. The quantitative estimate of drug-likeness (QED) is 0.653. The topological polar surface area (TPSA) is 50.3 Å². The van der Waals surface area contributed by atoms with E-state index in [1.165, 1.54) is 0 Å². The highest BCUT2D eigenvalue weighted by Gasteiger charge is 2.59. The van der Waals surface area contributed by atoms with Gasteiger partial charge in [-0.25, -0.2) is 0 Å². The second-order valence-electron chi connectivity index (χ2n) is 5.78. The van der Waals surface area contributed by atoms with Gasteiger partial charge >= 0.3 is 0 Å². The van der Waals surface area contributed by atoms with E-state index in [1.54, 1.807) is 0 Å². The van der Waals surface area contributed by atoms with Crippen molar-refractivity contribution in [3.05, 3.63) is 0 Å². The molecule has 2 aliphatic heterocycles. The number of rotatable bonds is 4. The number of Topliss-reactive ketones (excluding diaryl/α,β-unsaturated/α-hetero) is 1. The molecule has 2 aliphatic rings. The highest BCUT2D eigenvalue weighted by Crippen LogP contribution is 2.38. The molecular formula is C13H26N2O+2. The van der Waals surface area contributed by atoms with Crippen LogP contribution in [-0.2, 0) is 4.79 Å². The number of hydrogen-bond donors (Lipinski definition) is 2. The number of fused-ring (bicyclic) bond motifs is 2. The van der Waals surface area contributed by atoms with Crippen LogP contribution in [-0.4, -0.2) is 32.0 Å². The zero-order valence-corrected chi connectivity index (χ0v) is 10.7. The Kier molecular flexibility index (Phi) is 3.36. The van der Waals surface area contributed by atoms with E-state index in [4.69, 9.17) is 0 Å². The van der Waals surface area contributed by atoms with Crippen LogP contribution in [0.2, 0.25) is 0 Å². The Hall–Kier alpha value is -0.410. The predicted molar refractivity (Wildman–Crippen MR) is 63.0 cm³/mol. The largest absolute Gasteiger partial charge is 0.344 e. The smallest absolute Gasteiger partial charge is 0.167 e. The van der Waals surface area contributed by atoms with Crippen molar-refractivity contribution < 1.29 is 15.4 Å². The molecule has 0 atom stereocenters. The van der Waals surface area contributed by atoms with Crippen LogP contribution in [0.4, 0.5) is 0 Å². The summed E-state index contributed by atoms with van der Waals surface area (Å²) in [4.78, 5) is 12.8. The molecule has 0 aliphatic carbocycles. The van der Waals surface area contributed by atoms with Gasteiger partial charge in [0.15, 0.2) is 5.78 Å². The van der Waals surface area contributed by atoms with Crippen LogP contribution in [0.3, 0.4) is 0 Å². The number of nitrogens with two attached hydrogens (primary N) is 2. The van der Waals surface area contributed by atoms with Crippen LogP contribution in [0, 0.1) is 10.8 Å². The summed E-state index contributed by atoms with van der Waals surface area (Å²) >= 11 is 0. The van der Waals surface area contributed by atoms with Crippen LogP contribution in [0.5, 0.6) is 0 Å². The zero-order valence-electron chi connectivity index (χ0n) is 10.7. The first-order valence-corrected chi connectivity index (χ1v) is 6.87.